The molecule has 9 amide bonds. The Balaban J connectivity index is 2.75. The quantitative estimate of drug-likeness (QED) is 0.0156. The van der Waals surface area contributed by atoms with Crippen molar-refractivity contribution in [3.05, 3.63) is 47.2 Å². The van der Waals surface area contributed by atoms with Crippen molar-refractivity contribution in [1.82, 2.24) is 47.9 Å². The van der Waals surface area contributed by atoms with Gasteiger partial charge in [0.05, 0.1) is 37.0 Å². The molecule has 0 radical (unpaired) electrons. The van der Waals surface area contributed by atoms with E-state index in [0.29, 0.717) is 12.0 Å². The van der Waals surface area contributed by atoms with Gasteiger partial charge in [-0.05, 0) is 89.6 Å². The molecule has 506 valence electrons. The number of carbonyl (C=O) groups is 12. The molecule has 90 heavy (non-hydrogen) atoms. The van der Waals surface area contributed by atoms with Crippen molar-refractivity contribution in [2.45, 2.75) is 209 Å². The zero-order valence-electron chi connectivity index (χ0n) is 51.2. The molecule has 12 atom stereocenters. The number of aryl methyl sites for hydroxylation is 1. The molecule has 0 aromatic heterocycles. The number of benzene rings is 1. The largest absolute Gasteiger partial charge is 0.481 e. The van der Waals surface area contributed by atoms with Gasteiger partial charge in [0.1, 0.15) is 54.6 Å². The highest BCUT2D eigenvalue weighted by atomic mass is 35.5. The topological polar surface area (TPSA) is 522 Å². The summed E-state index contributed by atoms with van der Waals surface area (Å²) in [5.41, 5.74) is 17.7. The number of aliphatic hydroxyl groups excluding tert-OH is 4. The summed E-state index contributed by atoms with van der Waals surface area (Å²) in [5, 5.41) is 83.1. The Morgan fingerprint density at radius 1 is 0.644 bits per heavy atom. The molecule has 0 unspecified atom stereocenters. The number of hydrogen-bond acceptors (Lipinski definition) is 20. The number of cyclic esters (lactones) is 1. The number of rotatable bonds is 30. The fourth-order valence-corrected chi connectivity index (χ4v) is 9.46. The van der Waals surface area contributed by atoms with Gasteiger partial charge < -0.3 is 100 Å². The van der Waals surface area contributed by atoms with Crippen molar-refractivity contribution in [3.8, 4) is 0 Å². The van der Waals surface area contributed by atoms with Crippen molar-refractivity contribution in [3.63, 3.8) is 0 Å². The molecule has 1 heterocycles. The van der Waals surface area contributed by atoms with Gasteiger partial charge in [-0.3, -0.25) is 47.9 Å². The summed E-state index contributed by atoms with van der Waals surface area (Å²) >= 11 is 5.89. The minimum atomic E-state index is -2.84. The Bertz CT molecular complexity index is 2580. The van der Waals surface area contributed by atoms with Gasteiger partial charge in [0.25, 0.3) is 5.91 Å². The van der Waals surface area contributed by atoms with Crippen LogP contribution in [0.3, 0.4) is 0 Å². The van der Waals surface area contributed by atoms with Crippen LogP contribution >= 0.6 is 11.6 Å². The van der Waals surface area contributed by atoms with Gasteiger partial charge >= 0.3 is 17.9 Å². The molecule has 21 N–H and O–H groups in total. The van der Waals surface area contributed by atoms with Gasteiger partial charge in [-0.1, -0.05) is 95.1 Å². The predicted molar refractivity (Wildman–Crippen MR) is 324 cm³/mol. The third-order valence-electron chi connectivity index (χ3n) is 14.4. The number of amides is 9. The first-order valence-corrected chi connectivity index (χ1v) is 30.8. The van der Waals surface area contributed by atoms with E-state index in [1.165, 1.54) is 39.0 Å². The molecular formula is C58H93ClN12O19. The summed E-state index contributed by atoms with van der Waals surface area (Å²) in [6.45, 7) is 2.61. The molecule has 1 aliphatic rings. The molecule has 2 rings (SSSR count). The number of halogens is 1. The monoisotopic (exact) mass is 1300 g/mol. The Morgan fingerprint density at radius 3 is 1.71 bits per heavy atom. The number of esters is 1. The second-order valence-corrected chi connectivity index (χ2v) is 22.1. The maximum Gasteiger partial charge on any atom is 0.335 e. The molecule has 0 spiro atoms. The molecule has 1 fully saturated rings. The van der Waals surface area contributed by atoms with Gasteiger partial charge in [-0.2, -0.15) is 0 Å². The van der Waals surface area contributed by atoms with Crippen molar-refractivity contribution in [1.29, 1.82) is 0 Å². The molecule has 1 saturated heterocycles. The fourth-order valence-electron chi connectivity index (χ4n) is 9.29. The summed E-state index contributed by atoms with van der Waals surface area (Å²) in [6.07, 6.45) is 2.23. The second kappa shape index (κ2) is 42.6. The number of aliphatic carboxylic acids is 2. The van der Waals surface area contributed by atoms with E-state index in [-0.39, 0.29) is 45.3 Å². The minimum Gasteiger partial charge on any atom is -0.481 e. The SMILES string of the molecule is C/C=C1\NC(=O)[C@H]([C@H](C)O)NC(=O)[C@@H](CCN)NC(=O)[C@@H](CCCCN)NC(=O)[C@@H](CC(=O)O)NC(=O)[C@@H](CCN)NC(=O)[C@@H](NC(=O)C[C@H](O)c2cccc(CCCCCCCCCCCC)c2)COC(=O)[C@@H]([C@H](O)CCl)NC(=O)[C@H]([C@H](O)C(=O)O)NC1=O. The predicted octanol–water partition coefficient (Wildman–Crippen LogP) is -3.24. The van der Waals surface area contributed by atoms with E-state index in [2.05, 4.69) is 44.1 Å². The van der Waals surface area contributed by atoms with Crippen LogP contribution in [-0.2, 0) is 68.7 Å². The lowest BCUT2D eigenvalue weighted by atomic mass is 9.99. The molecule has 31 nitrogen and oxygen atoms in total. The van der Waals surface area contributed by atoms with Crippen LogP contribution < -0.4 is 65.1 Å². The zero-order valence-corrected chi connectivity index (χ0v) is 51.9. The van der Waals surface area contributed by atoms with E-state index >= 15 is 0 Å². The molecule has 0 bridgehead atoms. The van der Waals surface area contributed by atoms with E-state index < -0.39 is 181 Å². The van der Waals surface area contributed by atoms with Crippen LogP contribution in [0.1, 0.15) is 147 Å². The highest BCUT2D eigenvalue weighted by molar-refractivity contribution is 6.18. The number of alkyl halides is 1. The van der Waals surface area contributed by atoms with Gasteiger partial charge in [-0.25, -0.2) is 9.59 Å². The lowest BCUT2D eigenvalue weighted by molar-refractivity contribution is -0.155. The third kappa shape index (κ3) is 28.2. The number of nitrogens with one attached hydrogen (secondary N) is 9. The van der Waals surface area contributed by atoms with Crippen molar-refractivity contribution in [2.75, 3.05) is 32.1 Å². The van der Waals surface area contributed by atoms with E-state index in [1.54, 1.807) is 18.2 Å². The normalized spacial score (nSPS) is 23.5. The lowest BCUT2D eigenvalue weighted by Gasteiger charge is -2.28. The van der Waals surface area contributed by atoms with Crippen LogP contribution in [-0.4, -0.2) is 200 Å². The van der Waals surface area contributed by atoms with Crippen LogP contribution in [0.5, 0.6) is 0 Å². The number of carbonyl (C=O) groups excluding carboxylic acids is 10. The Hall–Kier alpha value is -7.39. The van der Waals surface area contributed by atoms with Gasteiger partial charge in [0, 0.05) is 0 Å². The lowest BCUT2D eigenvalue weighted by Crippen LogP contribution is -2.62. The van der Waals surface area contributed by atoms with E-state index in [4.69, 9.17) is 33.5 Å². The Morgan fingerprint density at radius 2 is 1.18 bits per heavy atom. The zero-order chi connectivity index (χ0) is 67.5. The number of aliphatic hydroxyl groups is 4. The first-order chi connectivity index (χ1) is 42.8. The number of carboxylic acids is 2. The van der Waals surface area contributed by atoms with Crippen LogP contribution in [0.15, 0.2) is 36.0 Å². The number of nitrogens with two attached hydrogens (primary N) is 3. The molecular weight excluding hydrogens is 1200 g/mol. The molecule has 32 heteroatoms. The van der Waals surface area contributed by atoms with Crippen molar-refractivity contribution in [2.24, 2.45) is 17.2 Å². The van der Waals surface area contributed by atoms with E-state index in [1.807, 2.05) is 16.7 Å². The smallest absolute Gasteiger partial charge is 0.335 e. The van der Waals surface area contributed by atoms with Gasteiger partial charge in [-0.15, -0.1) is 11.6 Å². The van der Waals surface area contributed by atoms with Crippen LogP contribution in [0, 0.1) is 0 Å². The van der Waals surface area contributed by atoms with Crippen molar-refractivity contribution >= 4 is 82.7 Å². The first kappa shape index (κ1) is 78.7. The molecule has 1 aromatic carbocycles. The molecule has 1 aromatic rings. The Kier molecular flexibility index (Phi) is 37.2. The molecule has 0 saturated carbocycles. The number of hydrogen-bond donors (Lipinski definition) is 18. The minimum absolute atomic E-state index is 0.118. The summed E-state index contributed by atoms with van der Waals surface area (Å²) in [5.74, 6) is -17.9. The maximum atomic E-state index is 14.3. The number of allylic oxidation sites excluding steroid dienone is 1. The molecule has 1 aliphatic heterocycles. The Labute approximate surface area is 527 Å². The summed E-state index contributed by atoms with van der Waals surface area (Å²) in [4.78, 5) is 164. The van der Waals surface area contributed by atoms with Crippen molar-refractivity contribution < 1.29 is 92.9 Å². The number of ether oxygens (including phenoxy) is 1. The third-order valence-corrected chi connectivity index (χ3v) is 14.7. The van der Waals surface area contributed by atoms with Crippen LogP contribution in [0.25, 0.3) is 0 Å². The average Bonchev–Trinajstić information content (AvgIpc) is 1.57. The summed E-state index contributed by atoms with van der Waals surface area (Å²) in [7, 11) is 0. The highest BCUT2D eigenvalue weighted by Gasteiger charge is 2.41. The van der Waals surface area contributed by atoms with Crippen LogP contribution in [0.4, 0.5) is 0 Å². The number of unbranched alkanes of at least 4 members (excludes halogenated alkanes) is 10. The highest BCUT2D eigenvalue weighted by Crippen LogP contribution is 2.21. The second-order valence-electron chi connectivity index (χ2n) is 21.8. The van der Waals surface area contributed by atoms with E-state index in [0.717, 1.165) is 50.7 Å². The van der Waals surface area contributed by atoms with Gasteiger partial charge in [0.15, 0.2) is 12.1 Å². The number of carboxylic acid groups (broad SMARTS) is 2. The maximum absolute atomic E-state index is 14.3. The van der Waals surface area contributed by atoms with Crippen LogP contribution in [0.2, 0.25) is 0 Å². The fraction of sp³-hybridized carbons (Fsp3) is 0.655. The van der Waals surface area contributed by atoms with Gasteiger partial charge in [0.2, 0.25) is 47.3 Å². The molecule has 0 aliphatic carbocycles. The summed E-state index contributed by atoms with van der Waals surface area (Å²) < 4.78 is 5.33. The first-order valence-electron chi connectivity index (χ1n) is 30.3. The summed E-state index contributed by atoms with van der Waals surface area (Å²) in [6, 6.07) is -9.12. The average molecular weight is 1300 g/mol. The standard InChI is InChI=1S/C58H93ClN12O19/c1-4-6-7-8-9-10-11-12-13-14-18-33-19-17-20-34(27-33)41(73)29-43(75)63-40-31-90-58(89)46(42(74)30-59)70-56(86)47(48(78)57(87)88)71-49(79)35(5-2)64-55(85)45(32(3)72)69-52(82)38(23-26-62)66-50(80)36(21-15-16-24-60)65-53(83)39(28-44(76)77)68-51(81)37(22-25-61)67-54(40)84/h5,17,19-20,27,32,36-42,45-48,72-74,78H,4,6-16,18,21-26,28-31,60-62H2,1-3H3,(H,63,75)(H,64,85)(H,65,83)(H,66,80)(H,67,84)(H,68,81)(H,69,82)(H,70,86)(H,71,79)(H,76,77)(H,87,88)/b35-5-/t32-,36+,37+,38+,39+,40-,41-,42+,45-,46+,47-,48-/m0/s1. The van der Waals surface area contributed by atoms with E-state index in [9.17, 15) is 88.2 Å².